The molecule has 0 aliphatic carbocycles. The molecule has 7 nitrogen and oxygen atoms in total. The summed E-state index contributed by atoms with van der Waals surface area (Å²) in [6.07, 6.45) is 2.82. The zero-order chi connectivity index (χ0) is 20.5. The summed E-state index contributed by atoms with van der Waals surface area (Å²) in [6, 6.07) is 10.3. The fourth-order valence-corrected chi connectivity index (χ4v) is 3.93. The molecule has 0 unspecified atom stereocenters. The predicted octanol–water partition coefficient (Wildman–Crippen LogP) is 2.53. The van der Waals surface area contributed by atoms with Gasteiger partial charge in [-0.1, -0.05) is 12.1 Å². The number of amides is 1. The number of nitrogens with one attached hydrogen (secondary N) is 1. The van der Waals surface area contributed by atoms with Gasteiger partial charge in [0.05, 0.1) is 10.6 Å². The zero-order valence-electron chi connectivity index (χ0n) is 16.2. The van der Waals surface area contributed by atoms with E-state index in [0.717, 1.165) is 23.2 Å². The summed E-state index contributed by atoms with van der Waals surface area (Å²) < 4.78 is 25.4. The fourth-order valence-electron chi connectivity index (χ4n) is 2.93. The third-order valence-electron chi connectivity index (χ3n) is 4.34. The molecule has 146 valence electrons. The van der Waals surface area contributed by atoms with Gasteiger partial charge in [-0.2, -0.15) is 5.10 Å². The molecule has 0 fully saturated rings. The highest BCUT2D eigenvalue weighted by Gasteiger charge is 2.14. The van der Waals surface area contributed by atoms with Crippen LogP contribution in [0, 0.1) is 20.8 Å². The third kappa shape index (κ3) is 4.28. The summed E-state index contributed by atoms with van der Waals surface area (Å²) in [4.78, 5) is 17.0. The molecule has 3 rings (SSSR count). The van der Waals surface area contributed by atoms with Crippen LogP contribution in [0.3, 0.4) is 0 Å². The summed E-state index contributed by atoms with van der Waals surface area (Å²) in [5.74, 6) is 0.365. The quantitative estimate of drug-likeness (QED) is 0.713. The number of sulfone groups is 1. The van der Waals surface area contributed by atoms with Crippen LogP contribution in [0.15, 0.2) is 47.5 Å². The molecule has 0 aliphatic rings. The number of carbonyl (C=O) groups is 1. The summed E-state index contributed by atoms with van der Waals surface area (Å²) in [5.41, 5.74) is 3.66. The Labute approximate surface area is 164 Å². The number of aromatic nitrogens is 3. The molecule has 0 spiro atoms. The standard InChI is InChI=1S/C20H22N4O3S/c1-13-5-7-17(10-18(13)28(4,26)27)20(25)22-12-16-6-8-19(21-11-16)24-15(3)9-14(2)23-24/h5-11H,12H2,1-4H3,(H,22,25). The summed E-state index contributed by atoms with van der Waals surface area (Å²) in [7, 11) is -3.39. The summed E-state index contributed by atoms with van der Waals surface area (Å²) in [6.45, 7) is 5.87. The Morgan fingerprint density at radius 2 is 1.86 bits per heavy atom. The van der Waals surface area contributed by atoms with Crippen LogP contribution in [0.1, 0.15) is 32.9 Å². The SMILES string of the molecule is Cc1cc(C)n(-c2ccc(CNC(=O)c3ccc(C)c(S(C)(=O)=O)c3)cn2)n1. The van der Waals surface area contributed by atoms with E-state index in [1.807, 2.05) is 32.0 Å². The second-order valence-corrected chi connectivity index (χ2v) is 8.78. The molecular formula is C20H22N4O3S. The summed E-state index contributed by atoms with van der Waals surface area (Å²) >= 11 is 0. The predicted molar refractivity (Wildman–Crippen MR) is 106 cm³/mol. The van der Waals surface area contributed by atoms with Crippen LogP contribution in [-0.2, 0) is 16.4 Å². The van der Waals surface area contributed by atoms with Crippen molar-refractivity contribution in [3.8, 4) is 5.82 Å². The minimum absolute atomic E-state index is 0.163. The van der Waals surface area contributed by atoms with Crippen molar-refractivity contribution >= 4 is 15.7 Å². The van der Waals surface area contributed by atoms with Gasteiger partial charge >= 0.3 is 0 Å². The van der Waals surface area contributed by atoms with Crippen LogP contribution < -0.4 is 5.32 Å². The molecule has 0 aliphatic heterocycles. The molecule has 2 aromatic heterocycles. The van der Waals surface area contributed by atoms with Gasteiger partial charge in [-0.15, -0.1) is 0 Å². The Morgan fingerprint density at radius 1 is 1.11 bits per heavy atom. The highest BCUT2D eigenvalue weighted by molar-refractivity contribution is 7.90. The molecule has 3 aromatic rings. The Bertz CT molecular complexity index is 1130. The Balaban J connectivity index is 1.71. The van der Waals surface area contributed by atoms with Crippen LogP contribution in [0.25, 0.3) is 5.82 Å². The molecular weight excluding hydrogens is 376 g/mol. The lowest BCUT2D eigenvalue weighted by molar-refractivity contribution is 0.0950. The van der Waals surface area contributed by atoms with Crippen molar-refractivity contribution < 1.29 is 13.2 Å². The molecule has 0 saturated carbocycles. The van der Waals surface area contributed by atoms with Crippen molar-refractivity contribution in [2.45, 2.75) is 32.2 Å². The number of hydrogen-bond acceptors (Lipinski definition) is 5. The van der Waals surface area contributed by atoms with Crippen molar-refractivity contribution in [1.29, 1.82) is 0 Å². The maximum absolute atomic E-state index is 12.4. The van der Waals surface area contributed by atoms with Crippen molar-refractivity contribution in [3.63, 3.8) is 0 Å². The van der Waals surface area contributed by atoms with Crippen LogP contribution >= 0.6 is 0 Å². The molecule has 1 aromatic carbocycles. The third-order valence-corrected chi connectivity index (χ3v) is 5.58. The van der Waals surface area contributed by atoms with Gasteiger partial charge < -0.3 is 5.32 Å². The number of nitrogens with zero attached hydrogens (tertiary/aromatic N) is 3. The molecule has 0 atom stereocenters. The lowest BCUT2D eigenvalue weighted by atomic mass is 10.1. The van der Waals surface area contributed by atoms with Gasteiger partial charge in [-0.3, -0.25) is 4.79 Å². The van der Waals surface area contributed by atoms with E-state index in [2.05, 4.69) is 15.4 Å². The number of pyridine rings is 1. The van der Waals surface area contributed by atoms with E-state index >= 15 is 0 Å². The minimum atomic E-state index is -3.39. The average molecular weight is 398 g/mol. The lowest BCUT2D eigenvalue weighted by Crippen LogP contribution is -2.23. The first-order valence-corrected chi connectivity index (χ1v) is 10.6. The van der Waals surface area contributed by atoms with Gasteiger partial charge in [0, 0.05) is 30.3 Å². The maximum atomic E-state index is 12.4. The first-order valence-electron chi connectivity index (χ1n) is 8.72. The molecule has 1 amide bonds. The fraction of sp³-hybridized carbons (Fsp3) is 0.250. The second-order valence-electron chi connectivity index (χ2n) is 6.80. The molecule has 0 radical (unpaired) electrons. The van der Waals surface area contributed by atoms with Gasteiger partial charge in [0.1, 0.15) is 0 Å². The smallest absolute Gasteiger partial charge is 0.251 e. The largest absolute Gasteiger partial charge is 0.348 e. The highest BCUT2D eigenvalue weighted by Crippen LogP contribution is 2.17. The van der Waals surface area contributed by atoms with Crippen molar-refractivity contribution in [3.05, 3.63) is 70.7 Å². The van der Waals surface area contributed by atoms with Gasteiger partial charge in [-0.05, 0) is 56.2 Å². The van der Waals surface area contributed by atoms with E-state index in [9.17, 15) is 13.2 Å². The van der Waals surface area contributed by atoms with Crippen molar-refractivity contribution in [2.75, 3.05) is 6.26 Å². The molecule has 8 heteroatoms. The number of aryl methyl sites for hydroxylation is 3. The van der Waals surface area contributed by atoms with E-state index in [0.29, 0.717) is 16.9 Å². The van der Waals surface area contributed by atoms with Gasteiger partial charge in [0.2, 0.25) is 0 Å². The molecule has 28 heavy (non-hydrogen) atoms. The normalized spacial score (nSPS) is 11.4. The molecule has 0 saturated heterocycles. The molecule has 2 heterocycles. The first-order chi connectivity index (χ1) is 13.1. The van der Waals surface area contributed by atoms with Crippen LogP contribution in [0.5, 0.6) is 0 Å². The van der Waals surface area contributed by atoms with E-state index < -0.39 is 9.84 Å². The monoisotopic (exact) mass is 398 g/mol. The van der Waals surface area contributed by atoms with E-state index in [1.165, 1.54) is 6.07 Å². The van der Waals surface area contributed by atoms with Gasteiger partial charge in [0.25, 0.3) is 5.91 Å². The van der Waals surface area contributed by atoms with Crippen LogP contribution in [0.2, 0.25) is 0 Å². The lowest BCUT2D eigenvalue weighted by Gasteiger charge is -2.09. The highest BCUT2D eigenvalue weighted by atomic mass is 32.2. The van der Waals surface area contributed by atoms with E-state index in [4.69, 9.17) is 0 Å². The number of benzene rings is 1. The Morgan fingerprint density at radius 3 is 2.43 bits per heavy atom. The van der Waals surface area contributed by atoms with E-state index in [1.54, 1.807) is 29.9 Å². The Kier molecular flexibility index (Phi) is 5.33. The molecule has 0 bridgehead atoms. The number of hydrogen-bond donors (Lipinski definition) is 1. The number of rotatable bonds is 5. The number of carbonyl (C=O) groups excluding carboxylic acids is 1. The van der Waals surface area contributed by atoms with Crippen molar-refractivity contribution in [1.82, 2.24) is 20.1 Å². The minimum Gasteiger partial charge on any atom is -0.348 e. The maximum Gasteiger partial charge on any atom is 0.251 e. The zero-order valence-corrected chi connectivity index (χ0v) is 17.0. The molecule has 1 N–H and O–H groups in total. The van der Waals surface area contributed by atoms with Crippen LogP contribution in [-0.4, -0.2) is 35.3 Å². The van der Waals surface area contributed by atoms with Crippen molar-refractivity contribution in [2.24, 2.45) is 0 Å². The second kappa shape index (κ2) is 7.55. The van der Waals surface area contributed by atoms with E-state index in [-0.39, 0.29) is 17.3 Å². The summed E-state index contributed by atoms with van der Waals surface area (Å²) in [5, 5.41) is 7.19. The first kappa shape index (κ1) is 19.8. The van der Waals surface area contributed by atoms with Gasteiger partial charge in [0.15, 0.2) is 15.7 Å². The average Bonchev–Trinajstić information content (AvgIpc) is 2.97. The van der Waals surface area contributed by atoms with Gasteiger partial charge in [-0.25, -0.2) is 18.1 Å². The van der Waals surface area contributed by atoms with Crippen LogP contribution in [0.4, 0.5) is 0 Å². The Hall–Kier alpha value is -3.00. The topological polar surface area (TPSA) is 94.0 Å².